The minimum absolute atomic E-state index is 0.0698. The molecule has 0 aromatic rings. The predicted octanol–water partition coefficient (Wildman–Crippen LogP) is 15.8. The van der Waals surface area contributed by atoms with Crippen LogP contribution in [0.3, 0.4) is 0 Å². The number of carbonyl (C=O) groups excluding carboxylic acids is 2. The predicted molar refractivity (Wildman–Crippen MR) is 235 cm³/mol. The van der Waals surface area contributed by atoms with E-state index in [0.717, 1.165) is 13.1 Å². The molecule has 0 aromatic carbocycles. The molecule has 0 saturated carbocycles. The SMILES string of the molecule is CCCCCCCCCCC(CCCCCCCCCC)CN1C=C2C(=O)N(CC(CCCCCCCCCC)CCCCCCCCCC)C=C2C1=O. The molecule has 0 saturated heterocycles. The van der Waals surface area contributed by atoms with E-state index < -0.39 is 0 Å². The van der Waals surface area contributed by atoms with Crippen LogP contribution in [0.5, 0.6) is 0 Å². The molecule has 0 N–H and O–H groups in total. The van der Waals surface area contributed by atoms with Crippen LogP contribution in [-0.2, 0) is 9.59 Å². The first kappa shape index (κ1) is 48.6. The third kappa shape index (κ3) is 22.2. The van der Waals surface area contributed by atoms with Gasteiger partial charge in [-0.25, -0.2) is 0 Å². The van der Waals surface area contributed by atoms with Gasteiger partial charge in [0.25, 0.3) is 11.8 Å². The lowest BCUT2D eigenvalue weighted by Gasteiger charge is -2.24. The van der Waals surface area contributed by atoms with Crippen LogP contribution >= 0.6 is 0 Å². The van der Waals surface area contributed by atoms with Crippen LogP contribution in [0.4, 0.5) is 0 Å². The van der Waals surface area contributed by atoms with Crippen LogP contribution in [0.1, 0.15) is 259 Å². The fraction of sp³-hybridized carbons (Fsp3) is 0.880. The van der Waals surface area contributed by atoms with Crippen molar-refractivity contribution in [1.29, 1.82) is 0 Å². The topological polar surface area (TPSA) is 40.6 Å². The second-order valence-corrected chi connectivity index (χ2v) is 17.8. The number of hydrogen-bond donors (Lipinski definition) is 0. The monoisotopic (exact) mass is 753 g/mol. The van der Waals surface area contributed by atoms with Gasteiger partial charge in [0.2, 0.25) is 0 Å². The molecule has 314 valence electrons. The molecule has 0 fully saturated rings. The lowest BCUT2D eigenvalue weighted by Crippen LogP contribution is -2.30. The first-order valence-corrected chi connectivity index (χ1v) is 24.6. The number of fused-ring (bicyclic) bond motifs is 1. The molecule has 2 aliphatic rings. The van der Waals surface area contributed by atoms with Gasteiger partial charge in [-0.1, -0.05) is 233 Å². The van der Waals surface area contributed by atoms with E-state index in [4.69, 9.17) is 0 Å². The molecule has 4 heteroatoms. The number of hydrogen-bond acceptors (Lipinski definition) is 2. The largest absolute Gasteiger partial charge is 0.314 e. The highest BCUT2D eigenvalue weighted by Crippen LogP contribution is 2.34. The standard InChI is InChI=1S/C50H92N2O2/c1-5-9-13-17-21-25-29-33-37-45(38-34-30-26-22-18-14-10-6-2)41-51-43-47-48(49(51)53)44-52(50(47)54)42-46(39-35-31-27-23-19-15-11-7-3)40-36-32-28-24-20-16-12-8-4/h43-46H,5-42H2,1-4H3. The number of amides is 2. The molecule has 4 nitrogen and oxygen atoms in total. The van der Waals surface area contributed by atoms with Crippen molar-refractivity contribution in [2.75, 3.05) is 13.1 Å². The summed E-state index contributed by atoms with van der Waals surface area (Å²) in [4.78, 5) is 31.5. The highest BCUT2D eigenvalue weighted by atomic mass is 16.2. The molecule has 2 amide bonds. The van der Waals surface area contributed by atoms with Gasteiger partial charge in [-0.3, -0.25) is 9.59 Å². The number of nitrogens with zero attached hydrogens (tertiary/aromatic N) is 2. The molecule has 0 spiro atoms. The molecule has 0 bridgehead atoms. The van der Waals surface area contributed by atoms with E-state index in [0.29, 0.717) is 23.0 Å². The van der Waals surface area contributed by atoms with E-state index >= 15 is 0 Å². The quantitative estimate of drug-likeness (QED) is 0.0585. The maximum absolute atomic E-state index is 13.8. The normalized spacial score (nSPS) is 14.3. The summed E-state index contributed by atoms with van der Waals surface area (Å²) in [6.45, 7) is 10.7. The second-order valence-electron chi connectivity index (χ2n) is 17.8. The third-order valence-electron chi connectivity index (χ3n) is 12.6. The van der Waals surface area contributed by atoms with Gasteiger partial charge in [0, 0.05) is 25.5 Å². The highest BCUT2D eigenvalue weighted by molar-refractivity contribution is 6.17. The van der Waals surface area contributed by atoms with Crippen molar-refractivity contribution in [2.45, 2.75) is 259 Å². The first-order chi connectivity index (χ1) is 26.5. The molecule has 2 heterocycles. The Balaban J connectivity index is 1.91. The number of unbranched alkanes of at least 4 members (excludes halogenated alkanes) is 28. The van der Waals surface area contributed by atoms with Gasteiger partial charge in [-0.15, -0.1) is 0 Å². The fourth-order valence-corrected chi connectivity index (χ4v) is 8.97. The van der Waals surface area contributed by atoms with Crippen LogP contribution < -0.4 is 0 Å². The Hall–Kier alpha value is -1.58. The summed E-state index contributed by atoms with van der Waals surface area (Å²) in [6, 6.07) is 0. The molecule has 0 aliphatic carbocycles. The minimum atomic E-state index is 0.0698. The van der Waals surface area contributed by atoms with E-state index in [2.05, 4.69) is 27.7 Å². The van der Waals surface area contributed by atoms with Crippen molar-refractivity contribution in [3.63, 3.8) is 0 Å². The zero-order valence-corrected chi connectivity index (χ0v) is 36.9. The van der Waals surface area contributed by atoms with Gasteiger partial charge in [-0.2, -0.15) is 0 Å². The van der Waals surface area contributed by atoms with Crippen molar-refractivity contribution in [1.82, 2.24) is 9.80 Å². The Morgan fingerprint density at radius 2 is 0.537 bits per heavy atom. The summed E-state index contributed by atoms with van der Waals surface area (Å²) >= 11 is 0. The van der Waals surface area contributed by atoms with Crippen molar-refractivity contribution in [3.05, 3.63) is 23.5 Å². The average Bonchev–Trinajstić information content (AvgIpc) is 3.65. The molecule has 2 aliphatic heterocycles. The fourth-order valence-electron chi connectivity index (χ4n) is 8.97. The van der Waals surface area contributed by atoms with Crippen LogP contribution in [0.25, 0.3) is 0 Å². The van der Waals surface area contributed by atoms with E-state index in [1.807, 2.05) is 22.2 Å². The highest BCUT2D eigenvalue weighted by Gasteiger charge is 2.40. The van der Waals surface area contributed by atoms with Crippen molar-refractivity contribution >= 4 is 11.8 Å². The Labute approximate surface area is 337 Å². The van der Waals surface area contributed by atoms with Crippen LogP contribution in [0, 0.1) is 11.8 Å². The Morgan fingerprint density at radius 1 is 0.333 bits per heavy atom. The summed E-state index contributed by atoms with van der Waals surface area (Å²) in [7, 11) is 0. The Morgan fingerprint density at radius 3 is 0.759 bits per heavy atom. The van der Waals surface area contributed by atoms with Gasteiger partial charge in [0.05, 0.1) is 11.1 Å². The van der Waals surface area contributed by atoms with Crippen LogP contribution in [-0.4, -0.2) is 34.7 Å². The average molecular weight is 753 g/mol. The molecule has 2 rings (SSSR count). The van der Waals surface area contributed by atoms with Crippen molar-refractivity contribution in [3.8, 4) is 0 Å². The molecule has 0 unspecified atom stereocenters. The molecule has 0 atom stereocenters. The maximum Gasteiger partial charge on any atom is 0.260 e. The third-order valence-corrected chi connectivity index (χ3v) is 12.6. The van der Waals surface area contributed by atoms with Gasteiger partial charge >= 0.3 is 0 Å². The number of rotatable bonds is 40. The summed E-state index contributed by atoms with van der Waals surface area (Å²) < 4.78 is 0. The first-order valence-electron chi connectivity index (χ1n) is 24.6. The van der Waals surface area contributed by atoms with E-state index in [1.165, 1.54) is 231 Å². The summed E-state index contributed by atoms with van der Waals surface area (Å²) in [5.74, 6) is 1.19. The summed E-state index contributed by atoms with van der Waals surface area (Å²) in [5.41, 5.74) is 1.33. The number of carbonyl (C=O) groups is 2. The molecular weight excluding hydrogens is 661 g/mol. The zero-order chi connectivity index (χ0) is 38.9. The van der Waals surface area contributed by atoms with Crippen molar-refractivity contribution in [2.24, 2.45) is 11.8 Å². The summed E-state index contributed by atoms with van der Waals surface area (Å²) in [6.07, 6.45) is 51.6. The molecule has 0 radical (unpaired) electrons. The minimum Gasteiger partial charge on any atom is -0.314 e. The van der Waals surface area contributed by atoms with Crippen LogP contribution in [0.15, 0.2) is 23.5 Å². The smallest absolute Gasteiger partial charge is 0.260 e. The molecule has 0 aromatic heterocycles. The van der Waals surface area contributed by atoms with Gasteiger partial charge in [0.1, 0.15) is 0 Å². The van der Waals surface area contributed by atoms with Crippen molar-refractivity contribution < 1.29 is 9.59 Å². The van der Waals surface area contributed by atoms with Gasteiger partial charge in [0.15, 0.2) is 0 Å². The molecular formula is C50H92N2O2. The Kier molecular flexibility index (Phi) is 30.2. The lowest BCUT2D eigenvalue weighted by molar-refractivity contribution is -0.124. The second kappa shape index (κ2) is 33.5. The van der Waals surface area contributed by atoms with Gasteiger partial charge < -0.3 is 9.80 Å². The summed E-state index contributed by atoms with van der Waals surface area (Å²) in [5, 5.41) is 0. The Bertz CT molecular complexity index is 867. The van der Waals surface area contributed by atoms with E-state index in [9.17, 15) is 9.59 Å². The lowest BCUT2D eigenvalue weighted by atomic mass is 9.93. The molecule has 54 heavy (non-hydrogen) atoms. The zero-order valence-electron chi connectivity index (χ0n) is 36.9. The van der Waals surface area contributed by atoms with Crippen LogP contribution in [0.2, 0.25) is 0 Å². The van der Waals surface area contributed by atoms with E-state index in [1.54, 1.807) is 0 Å². The van der Waals surface area contributed by atoms with E-state index in [-0.39, 0.29) is 11.8 Å². The van der Waals surface area contributed by atoms with Gasteiger partial charge in [-0.05, 0) is 37.5 Å². The maximum atomic E-state index is 13.8.